The molecule has 2 atom stereocenters. The van der Waals surface area contributed by atoms with Crippen molar-refractivity contribution in [3.8, 4) is 0 Å². The summed E-state index contributed by atoms with van der Waals surface area (Å²) >= 11 is 0. The third kappa shape index (κ3) is 3.05. The van der Waals surface area contributed by atoms with E-state index in [1.165, 1.54) is 30.4 Å². The lowest BCUT2D eigenvalue weighted by Gasteiger charge is -2.62. The summed E-state index contributed by atoms with van der Waals surface area (Å²) in [7, 11) is 0. The van der Waals surface area contributed by atoms with Crippen LogP contribution in [0.2, 0.25) is 0 Å². The van der Waals surface area contributed by atoms with E-state index in [0.717, 1.165) is 25.7 Å². The summed E-state index contributed by atoms with van der Waals surface area (Å²) in [6.07, 6.45) is 7.64. The molecule has 5 rings (SSSR count). The lowest BCUT2D eigenvalue weighted by Crippen LogP contribution is -2.55. The van der Waals surface area contributed by atoms with E-state index < -0.39 is 11.9 Å². The number of hydrogen-bond acceptors (Lipinski definition) is 2. The highest BCUT2D eigenvalue weighted by atomic mass is 19.3. The van der Waals surface area contributed by atoms with Gasteiger partial charge in [0.2, 0.25) is 0 Å². The third-order valence-corrected chi connectivity index (χ3v) is 7.02. The van der Waals surface area contributed by atoms with Crippen LogP contribution < -0.4 is 0 Å². The number of benzene rings is 1. The average Bonchev–Trinajstić information content (AvgIpc) is 2.58. The van der Waals surface area contributed by atoms with E-state index >= 15 is 0 Å². The molecular formula is C22H28F2O2. The van der Waals surface area contributed by atoms with Gasteiger partial charge in [-0.15, -0.1) is 0 Å². The first-order chi connectivity index (χ1) is 12.2. The largest absolute Gasteiger partial charge is 0.461 e. The molecule has 26 heavy (non-hydrogen) atoms. The molecule has 4 aliphatic carbocycles. The maximum absolute atomic E-state index is 13.2. The molecule has 4 bridgehead atoms. The van der Waals surface area contributed by atoms with Crippen molar-refractivity contribution in [3.63, 3.8) is 0 Å². The van der Waals surface area contributed by atoms with Crippen LogP contribution >= 0.6 is 0 Å². The summed E-state index contributed by atoms with van der Waals surface area (Å²) in [5.41, 5.74) is 2.75. The minimum Gasteiger partial charge on any atom is -0.461 e. The monoisotopic (exact) mass is 362 g/mol. The van der Waals surface area contributed by atoms with Gasteiger partial charge in [-0.25, -0.2) is 4.79 Å². The molecule has 4 saturated carbocycles. The van der Waals surface area contributed by atoms with Crippen molar-refractivity contribution in [1.29, 1.82) is 0 Å². The van der Waals surface area contributed by atoms with Crippen molar-refractivity contribution in [2.24, 2.45) is 17.3 Å². The molecule has 2 unspecified atom stereocenters. The van der Waals surface area contributed by atoms with Gasteiger partial charge in [0.1, 0.15) is 0 Å². The van der Waals surface area contributed by atoms with Crippen LogP contribution in [-0.2, 0) is 21.4 Å². The molecular weight excluding hydrogens is 334 g/mol. The van der Waals surface area contributed by atoms with Gasteiger partial charge < -0.3 is 4.74 Å². The average molecular weight is 362 g/mol. The van der Waals surface area contributed by atoms with E-state index in [1.54, 1.807) is 0 Å². The molecule has 0 N–H and O–H groups in total. The molecule has 0 aliphatic heterocycles. The van der Waals surface area contributed by atoms with Crippen molar-refractivity contribution in [2.75, 3.05) is 6.61 Å². The maximum atomic E-state index is 13.2. The summed E-state index contributed by atoms with van der Waals surface area (Å²) in [5.74, 6) is -3.53. The van der Waals surface area contributed by atoms with Crippen LogP contribution in [0, 0.1) is 17.3 Å². The molecule has 0 radical (unpaired) electrons. The van der Waals surface area contributed by atoms with Gasteiger partial charge in [0, 0.05) is 12.3 Å². The summed E-state index contributed by atoms with van der Waals surface area (Å²) in [6, 6.07) is 8.98. The Morgan fingerprint density at radius 1 is 1.15 bits per heavy atom. The smallest absolute Gasteiger partial charge is 0.376 e. The number of alkyl halides is 2. The Morgan fingerprint density at radius 2 is 1.77 bits per heavy atom. The lowest BCUT2D eigenvalue weighted by atomic mass is 9.43. The number of halogens is 2. The normalized spacial score (nSPS) is 35.5. The molecule has 1 aromatic carbocycles. The minimum atomic E-state index is -3.41. The van der Waals surface area contributed by atoms with E-state index in [9.17, 15) is 13.6 Å². The van der Waals surface area contributed by atoms with Crippen LogP contribution in [0.5, 0.6) is 0 Å². The first kappa shape index (κ1) is 17.9. The molecule has 142 valence electrons. The van der Waals surface area contributed by atoms with E-state index in [4.69, 9.17) is 4.74 Å². The first-order valence-corrected chi connectivity index (χ1v) is 9.88. The molecule has 0 amide bonds. The predicted octanol–water partition coefficient (Wildman–Crippen LogP) is 5.29. The summed E-state index contributed by atoms with van der Waals surface area (Å²) in [5, 5.41) is 0. The Morgan fingerprint density at radius 3 is 2.31 bits per heavy atom. The highest BCUT2D eigenvalue weighted by molar-refractivity contribution is 5.76. The third-order valence-electron chi connectivity index (χ3n) is 7.02. The van der Waals surface area contributed by atoms with Crippen LogP contribution in [0.15, 0.2) is 24.3 Å². The second kappa shape index (κ2) is 6.03. The van der Waals surface area contributed by atoms with E-state index in [2.05, 4.69) is 31.2 Å². The van der Waals surface area contributed by atoms with Gasteiger partial charge in [-0.05, 0) is 73.3 Å². The second-order valence-electron chi connectivity index (χ2n) is 9.26. The summed E-state index contributed by atoms with van der Waals surface area (Å²) in [6.45, 7) is 2.93. The zero-order valence-corrected chi connectivity index (χ0v) is 15.7. The van der Waals surface area contributed by atoms with Crippen LogP contribution in [0.4, 0.5) is 8.78 Å². The zero-order chi connectivity index (χ0) is 18.6. The maximum Gasteiger partial charge on any atom is 0.376 e. The van der Waals surface area contributed by atoms with Gasteiger partial charge >= 0.3 is 11.9 Å². The van der Waals surface area contributed by atoms with Gasteiger partial charge in [0.25, 0.3) is 0 Å². The first-order valence-electron chi connectivity index (χ1n) is 9.88. The quantitative estimate of drug-likeness (QED) is 0.666. The fourth-order valence-electron chi connectivity index (χ4n) is 6.40. The number of aryl methyl sites for hydroxylation is 1. The lowest BCUT2D eigenvalue weighted by molar-refractivity contribution is -0.180. The highest BCUT2D eigenvalue weighted by Gasteiger charge is 2.58. The van der Waals surface area contributed by atoms with Crippen LogP contribution in [0.25, 0.3) is 0 Å². The number of ether oxygens (including phenoxy) is 1. The Balaban J connectivity index is 1.58. The summed E-state index contributed by atoms with van der Waals surface area (Å²) in [4.78, 5) is 11.6. The molecule has 4 heteroatoms. The predicted molar refractivity (Wildman–Crippen MR) is 96.2 cm³/mol. The van der Waals surface area contributed by atoms with E-state index in [-0.39, 0.29) is 17.4 Å². The van der Waals surface area contributed by atoms with Crippen molar-refractivity contribution >= 4 is 5.97 Å². The standard InChI is InChI=1S/C22H28F2O2/c1-3-15-4-6-18(7-5-15)22-11-16-8-17(12-22)10-21(9-16,13-22)14-26-19(25)20(2,23)24/h4-7,16-17H,3,8-14H2,1-2H3. The minimum absolute atomic E-state index is 0.117. The molecule has 0 heterocycles. The highest BCUT2D eigenvalue weighted by Crippen LogP contribution is 2.65. The van der Waals surface area contributed by atoms with Crippen molar-refractivity contribution in [2.45, 2.75) is 70.1 Å². The number of esters is 1. The fourth-order valence-corrected chi connectivity index (χ4v) is 6.40. The van der Waals surface area contributed by atoms with Crippen molar-refractivity contribution in [1.82, 2.24) is 0 Å². The molecule has 0 spiro atoms. The number of hydrogen-bond donors (Lipinski definition) is 0. The molecule has 0 saturated heterocycles. The molecule has 4 fully saturated rings. The van der Waals surface area contributed by atoms with E-state index in [0.29, 0.717) is 18.8 Å². The van der Waals surface area contributed by atoms with Crippen LogP contribution in [0.3, 0.4) is 0 Å². The SMILES string of the molecule is CCc1ccc(C23CC4CC(CC(COC(=O)C(C)(F)F)(C4)C2)C3)cc1. The van der Waals surface area contributed by atoms with Crippen molar-refractivity contribution < 1.29 is 18.3 Å². The Kier molecular flexibility index (Phi) is 4.16. The molecule has 0 aromatic heterocycles. The fraction of sp³-hybridized carbons (Fsp3) is 0.682. The van der Waals surface area contributed by atoms with Gasteiger partial charge in [-0.1, -0.05) is 31.2 Å². The number of carbonyl (C=O) groups is 1. The van der Waals surface area contributed by atoms with Crippen LogP contribution in [0.1, 0.15) is 63.5 Å². The number of carbonyl (C=O) groups excluding carboxylic acids is 1. The second-order valence-corrected chi connectivity index (χ2v) is 9.26. The topological polar surface area (TPSA) is 26.3 Å². The van der Waals surface area contributed by atoms with E-state index in [1.807, 2.05) is 0 Å². The van der Waals surface area contributed by atoms with Crippen molar-refractivity contribution in [3.05, 3.63) is 35.4 Å². The van der Waals surface area contributed by atoms with Gasteiger partial charge in [0.15, 0.2) is 0 Å². The number of rotatable bonds is 5. The molecule has 1 aromatic rings. The Bertz CT molecular complexity index is 675. The molecule has 2 nitrogen and oxygen atoms in total. The summed E-state index contributed by atoms with van der Waals surface area (Å²) < 4.78 is 31.5. The zero-order valence-electron chi connectivity index (χ0n) is 15.7. The Labute approximate surface area is 154 Å². The van der Waals surface area contributed by atoms with Gasteiger partial charge in [-0.3, -0.25) is 0 Å². The van der Waals surface area contributed by atoms with Crippen LogP contribution in [-0.4, -0.2) is 18.5 Å². The molecule has 4 aliphatic rings. The Hall–Kier alpha value is -1.45. The van der Waals surface area contributed by atoms with Gasteiger partial charge in [-0.2, -0.15) is 8.78 Å². The van der Waals surface area contributed by atoms with Gasteiger partial charge in [0.05, 0.1) is 6.61 Å².